The minimum Gasteiger partial charge on any atom is -0.457 e. The summed E-state index contributed by atoms with van der Waals surface area (Å²) in [6.45, 7) is 28.4. The van der Waals surface area contributed by atoms with E-state index in [0.717, 1.165) is 62.1 Å². The molecule has 9 aromatic carbocycles. The van der Waals surface area contributed by atoms with Crippen LogP contribution in [0.2, 0.25) is 0 Å². The van der Waals surface area contributed by atoms with Crippen LogP contribution in [-0.4, -0.2) is 20.8 Å². The summed E-state index contributed by atoms with van der Waals surface area (Å²) in [5.41, 5.74) is 22.1. The van der Waals surface area contributed by atoms with Crippen molar-refractivity contribution in [3.05, 3.63) is 235 Å². The van der Waals surface area contributed by atoms with E-state index in [9.17, 15) is 0 Å². The van der Waals surface area contributed by atoms with Gasteiger partial charge in [0, 0.05) is 57.7 Å². The van der Waals surface area contributed by atoms with Crippen molar-refractivity contribution in [3.63, 3.8) is 0 Å². The second-order valence-electron chi connectivity index (χ2n) is 26.7. The smallest absolute Gasteiger partial charge is 0.137 e. The molecule has 4 heterocycles. The largest absolute Gasteiger partial charge is 0.457 e. The van der Waals surface area contributed by atoms with Crippen LogP contribution in [0, 0.1) is 0 Å². The van der Waals surface area contributed by atoms with Crippen molar-refractivity contribution >= 4 is 55.6 Å². The molecule has 0 bridgehead atoms. The Hall–Kier alpha value is -8.87. The molecule has 12 aromatic rings. The van der Waals surface area contributed by atoms with Crippen LogP contribution >= 0.6 is 0 Å². The van der Waals surface area contributed by atoms with E-state index in [4.69, 9.17) is 9.72 Å². The van der Waals surface area contributed by atoms with Crippen molar-refractivity contribution < 1.29 is 4.74 Å². The highest BCUT2D eigenvalue weighted by Gasteiger charge is 2.34. The molecule has 1 aliphatic rings. The highest BCUT2D eigenvalue weighted by Crippen LogP contribution is 2.53. The standard InChI is InChI=1S/C76H73N5O/c1-73(2,3)53-37-38-77-69(44-53)81-66-32-22-31-65-70(66)71-67(80(65)57-25-17-14-18-26-57)46-60(47-68(71)81)82-59-28-21-27-58(45-59)78-48-79(64-30-20-19-29-63(64)78)72-61(51-35-33-50(34-36-51)49-23-15-13-16-24-49)42-56(76(10,11)12)43-62(72)52-39-54(74(4,5)6)41-55(40-52)75(7,8)9/h13-47H,48H2,1-12H3. The second-order valence-corrected chi connectivity index (χ2v) is 26.7. The first-order chi connectivity index (χ1) is 39.2. The third kappa shape index (κ3) is 9.28. The predicted molar refractivity (Wildman–Crippen MR) is 346 cm³/mol. The summed E-state index contributed by atoms with van der Waals surface area (Å²) >= 11 is 0. The minimum atomic E-state index is -0.133. The summed E-state index contributed by atoms with van der Waals surface area (Å²) < 4.78 is 11.9. The fourth-order valence-corrected chi connectivity index (χ4v) is 12.2. The number of pyridine rings is 1. The molecule has 6 nitrogen and oxygen atoms in total. The van der Waals surface area contributed by atoms with Gasteiger partial charge in [-0.25, -0.2) is 4.98 Å². The molecule has 0 fully saturated rings. The van der Waals surface area contributed by atoms with Crippen molar-refractivity contribution in [2.75, 3.05) is 16.5 Å². The van der Waals surface area contributed by atoms with Crippen LogP contribution in [0.5, 0.6) is 11.5 Å². The van der Waals surface area contributed by atoms with E-state index in [-0.39, 0.29) is 21.7 Å². The van der Waals surface area contributed by atoms with Gasteiger partial charge in [0.15, 0.2) is 0 Å². The molecule has 0 N–H and O–H groups in total. The van der Waals surface area contributed by atoms with E-state index in [1.165, 1.54) is 72.1 Å². The molecule has 0 unspecified atom stereocenters. The Morgan fingerprint density at radius 1 is 0.354 bits per heavy atom. The summed E-state index contributed by atoms with van der Waals surface area (Å²) in [4.78, 5) is 10.1. The first kappa shape index (κ1) is 52.5. The lowest BCUT2D eigenvalue weighted by molar-refractivity contribution is 0.484. The molecule has 0 saturated carbocycles. The van der Waals surface area contributed by atoms with E-state index in [0.29, 0.717) is 6.67 Å². The molecular weight excluding hydrogens is 999 g/mol. The number of ether oxygens (including phenoxy) is 1. The zero-order valence-electron chi connectivity index (χ0n) is 49.6. The number of hydrogen-bond donors (Lipinski definition) is 0. The number of fused-ring (bicyclic) bond motifs is 1. The Balaban J connectivity index is 0.963. The maximum Gasteiger partial charge on any atom is 0.137 e. The fraction of sp³-hybridized carbons (Fsp3) is 0.224. The van der Waals surface area contributed by atoms with Crippen LogP contribution in [-0.2, 0) is 21.7 Å². The summed E-state index contributed by atoms with van der Waals surface area (Å²) in [5.74, 6) is 2.39. The maximum absolute atomic E-state index is 7.18. The Morgan fingerprint density at radius 2 is 0.854 bits per heavy atom. The molecular formula is C76H73N5O. The highest BCUT2D eigenvalue weighted by molar-refractivity contribution is 6.25. The first-order valence-electron chi connectivity index (χ1n) is 29.0. The Bertz CT molecular complexity index is 4330. The van der Waals surface area contributed by atoms with Crippen molar-refractivity contribution in [1.29, 1.82) is 0 Å². The monoisotopic (exact) mass is 1070 g/mol. The zero-order chi connectivity index (χ0) is 57.0. The van der Waals surface area contributed by atoms with Gasteiger partial charge in [-0.3, -0.25) is 4.57 Å². The van der Waals surface area contributed by atoms with Crippen LogP contribution < -0.4 is 14.5 Å². The average Bonchev–Trinajstić information content (AvgIpc) is 3.22. The number of benzene rings is 9. The topological polar surface area (TPSA) is 38.5 Å². The molecule has 0 atom stereocenters. The third-order valence-electron chi connectivity index (χ3n) is 16.8. The fourth-order valence-electron chi connectivity index (χ4n) is 12.2. The van der Waals surface area contributed by atoms with Gasteiger partial charge in [0.25, 0.3) is 0 Å². The van der Waals surface area contributed by atoms with Gasteiger partial charge < -0.3 is 19.1 Å². The van der Waals surface area contributed by atoms with Crippen molar-refractivity contribution in [2.45, 2.75) is 105 Å². The van der Waals surface area contributed by atoms with Crippen molar-refractivity contribution in [3.8, 4) is 56.4 Å². The molecule has 408 valence electrons. The van der Waals surface area contributed by atoms with E-state index >= 15 is 0 Å². The van der Waals surface area contributed by atoms with E-state index in [2.05, 4.69) is 308 Å². The van der Waals surface area contributed by atoms with Crippen LogP contribution in [0.1, 0.15) is 105 Å². The van der Waals surface area contributed by atoms with Crippen molar-refractivity contribution in [1.82, 2.24) is 14.1 Å². The number of nitrogens with zero attached hydrogens (tertiary/aromatic N) is 5. The normalized spacial score (nSPS) is 13.3. The van der Waals surface area contributed by atoms with Crippen LogP contribution in [0.15, 0.2) is 212 Å². The predicted octanol–water partition coefficient (Wildman–Crippen LogP) is 20.8. The Morgan fingerprint density at radius 3 is 1.49 bits per heavy atom. The quantitative estimate of drug-likeness (QED) is 0.144. The lowest BCUT2D eigenvalue weighted by atomic mass is 9.77. The average molecular weight is 1070 g/mol. The van der Waals surface area contributed by atoms with Gasteiger partial charge in [0.1, 0.15) is 24.0 Å². The number of rotatable bonds is 9. The van der Waals surface area contributed by atoms with Gasteiger partial charge in [-0.15, -0.1) is 0 Å². The number of aromatic nitrogens is 3. The highest BCUT2D eigenvalue weighted by atomic mass is 16.5. The van der Waals surface area contributed by atoms with Gasteiger partial charge in [-0.05, 0) is 139 Å². The maximum atomic E-state index is 7.18. The molecule has 0 amide bonds. The second kappa shape index (κ2) is 19.4. The molecule has 13 rings (SSSR count). The van der Waals surface area contributed by atoms with E-state index < -0.39 is 0 Å². The summed E-state index contributed by atoms with van der Waals surface area (Å²) in [5, 5.41) is 2.40. The number of anilines is 4. The number of para-hydroxylation sites is 3. The molecule has 1 aliphatic heterocycles. The first-order valence-corrected chi connectivity index (χ1v) is 29.0. The van der Waals surface area contributed by atoms with Crippen LogP contribution in [0.25, 0.3) is 77.7 Å². The summed E-state index contributed by atoms with van der Waals surface area (Å²) in [6.07, 6.45) is 1.95. The van der Waals surface area contributed by atoms with Gasteiger partial charge in [-0.1, -0.05) is 198 Å². The lowest BCUT2D eigenvalue weighted by Gasteiger charge is -2.32. The molecule has 3 aromatic heterocycles. The molecule has 0 aliphatic carbocycles. The van der Waals surface area contributed by atoms with Gasteiger partial charge in [-0.2, -0.15) is 0 Å². The number of hydrogen-bond acceptors (Lipinski definition) is 4. The lowest BCUT2D eigenvalue weighted by Crippen LogP contribution is -2.25. The van der Waals surface area contributed by atoms with Crippen LogP contribution in [0.3, 0.4) is 0 Å². The molecule has 0 radical (unpaired) electrons. The molecule has 6 heteroatoms. The Labute approximate surface area is 484 Å². The van der Waals surface area contributed by atoms with Gasteiger partial charge in [0.05, 0.1) is 39.1 Å². The van der Waals surface area contributed by atoms with Gasteiger partial charge >= 0.3 is 0 Å². The van der Waals surface area contributed by atoms with E-state index in [1.807, 2.05) is 6.20 Å². The SMILES string of the molecule is CC(C)(C)c1cc(-c2cc(C(C)(C)C)cc(-c3ccc(-c4ccccc4)cc3)c2N2CN(c3cccc(Oc4cc5c6c7c(cccc7n(-c7cc(C(C)(C)C)ccn7)c6c4)n5-c4ccccc4)c3)c3ccccc32)cc(C(C)(C)C)c1. The van der Waals surface area contributed by atoms with Crippen LogP contribution in [0.4, 0.5) is 22.7 Å². The zero-order valence-corrected chi connectivity index (χ0v) is 49.6. The Kier molecular flexibility index (Phi) is 12.4. The molecule has 0 spiro atoms. The minimum absolute atomic E-state index is 0.0507. The van der Waals surface area contributed by atoms with Gasteiger partial charge in [0.2, 0.25) is 0 Å². The third-order valence-corrected chi connectivity index (χ3v) is 16.8. The molecule has 0 saturated heterocycles. The summed E-state index contributed by atoms with van der Waals surface area (Å²) in [7, 11) is 0. The van der Waals surface area contributed by atoms with Crippen molar-refractivity contribution in [2.24, 2.45) is 0 Å². The van der Waals surface area contributed by atoms with E-state index in [1.54, 1.807) is 0 Å². The summed E-state index contributed by atoms with van der Waals surface area (Å²) in [6, 6.07) is 75.9. The molecule has 82 heavy (non-hydrogen) atoms.